The molecule has 1 aromatic carbocycles. The lowest BCUT2D eigenvalue weighted by molar-refractivity contribution is 0.394. The van der Waals surface area contributed by atoms with Gasteiger partial charge < -0.3 is 10.2 Å². The summed E-state index contributed by atoms with van der Waals surface area (Å²) in [5, 5.41) is 18.4. The third-order valence-corrected chi connectivity index (χ3v) is 2.18. The van der Waals surface area contributed by atoms with Gasteiger partial charge >= 0.3 is 0 Å². The van der Waals surface area contributed by atoms with E-state index in [-0.39, 0.29) is 5.75 Å². The van der Waals surface area contributed by atoms with Crippen LogP contribution in [0.2, 0.25) is 0 Å². The molecule has 0 unspecified atom stereocenters. The Morgan fingerprint density at radius 2 is 1.92 bits per heavy atom. The van der Waals surface area contributed by atoms with Crippen LogP contribution in [0.25, 0.3) is 0 Å². The topological polar surface area (TPSA) is 57.5 Å². The molecule has 1 aromatic rings. The molecule has 0 aliphatic heterocycles. The van der Waals surface area contributed by atoms with Crippen molar-refractivity contribution in [1.29, 1.82) is 0 Å². The van der Waals surface area contributed by atoms with Crippen LogP contribution in [0.5, 0.6) is 11.5 Å². The standard InChI is InChI=1S/C8H8O3S/c1-12-6-4-2-3-5(9)7(10)8(6)11/h2-4H,1H3,(H2,9,10,11). The number of rotatable bonds is 1. The fourth-order valence-corrected chi connectivity index (χ4v) is 1.28. The maximum atomic E-state index is 10.9. The van der Waals surface area contributed by atoms with Gasteiger partial charge in [-0.2, -0.15) is 0 Å². The molecule has 12 heavy (non-hydrogen) atoms. The molecule has 0 saturated carbocycles. The largest absolute Gasteiger partial charge is 0.503 e. The van der Waals surface area contributed by atoms with E-state index in [1.54, 1.807) is 12.3 Å². The van der Waals surface area contributed by atoms with E-state index in [4.69, 9.17) is 5.11 Å². The molecule has 0 radical (unpaired) electrons. The number of hydrogen-bond acceptors (Lipinski definition) is 4. The smallest absolute Gasteiger partial charge is 0.224 e. The molecular weight excluding hydrogens is 176 g/mol. The Labute approximate surface area is 73.7 Å². The van der Waals surface area contributed by atoms with Gasteiger partial charge in [0.2, 0.25) is 11.2 Å². The van der Waals surface area contributed by atoms with Crippen LogP contribution < -0.4 is 5.43 Å². The summed E-state index contributed by atoms with van der Waals surface area (Å²) in [6.45, 7) is 0. The van der Waals surface area contributed by atoms with Crippen LogP contribution in [0, 0.1) is 0 Å². The van der Waals surface area contributed by atoms with Crippen LogP contribution in [0.1, 0.15) is 0 Å². The van der Waals surface area contributed by atoms with Crippen molar-refractivity contribution in [2.24, 2.45) is 0 Å². The molecule has 2 N–H and O–H groups in total. The number of thioether (sulfide) groups is 1. The van der Waals surface area contributed by atoms with E-state index >= 15 is 0 Å². The molecule has 4 heteroatoms. The van der Waals surface area contributed by atoms with E-state index in [9.17, 15) is 9.90 Å². The minimum atomic E-state index is -0.593. The molecule has 3 nitrogen and oxygen atoms in total. The summed E-state index contributed by atoms with van der Waals surface area (Å²) < 4.78 is 0. The van der Waals surface area contributed by atoms with Gasteiger partial charge in [-0.3, -0.25) is 4.79 Å². The van der Waals surface area contributed by atoms with Gasteiger partial charge in [-0.15, -0.1) is 11.8 Å². The van der Waals surface area contributed by atoms with Gasteiger partial charge in [0, 0.05) is 0 Å². The third kappa shape index (κ3) is 1.53. The highest BCUT2D eigenvalue weighted by molar-refractivity contribution is 7.98. The van der Waals surface area contributed by atoms with Crippen molar-refractivity contribution in [3.63, 3.8) is 0 Å². The van der Waals surface area contributed by atoms with Crippen LogP contribution in [-0.2, 0) is 0 Å². The predicted molar refractivity (Wildman–Crippen MR) is 47.8 cm³/mol. The Bertz CT molecular complexity index is 349. The molecule has 0 atom stereocenters. The minimum absolute atomic E-state index is 0.350. The maximum absolute atomic E-state index is 10.9. The lowest BCUT2D eigenvalue weighted by Gasteiger charge is -1.95. The quantitative estimate of drug-likeness (QED) is 0.643. The number of aromatic hydroxyl groups is 2. The molecule has 0 aliphatic rings. The summed E-state index contributed by atoms with van der Waals surface area (Å²) in [7, 11) is 0. The van der Waals surface area contributed by atoms with E-state index in [1.165, 1.54) is 23.9 Å². The Morgan fingerprint density at radius 3 is 2.50 bits per heavy atom. The lowest BCUT2D eigenvalue weighted by Crippen LogP contribution is -1.92. The van der Waals surface area contributed by atoms with Crippen molar-refractivity contribution in [1.82, 2.24) is 0 Å². The van der Waals surface area contributed by atoms with Crippen molar-refractivity contribution >= 4 is 11.8 Å². The highest BCUT2D eigenvalue weighted by Crippen LogP contribution is 2.30. The summed E-state index contributed by atoms with van der Waals surface area (Å²) in [5.41, 5.74) is -0.576. The Hall–Kier alpha value is -1.16. The van der Waals surface area contributed by atoms with Crippen molar-refractivity contribution < 1.29 is 10.2 Å². The summed E-state index contributed by atoms with van der Waals surface area (Å²) in [5.74, 6) is -0.943. The molecule has 0 aliphatic carbocycles. The maximum Gasteiger partial charge on any atom is 0.224 e. The Morgan fingerprint density at radius 1 is 1.25 bits per heavy atom. The minimum Gasteiger partial charge on any atom is -0.503 e. The first-order chi connectivity index (χ1) is 5.66. The average Bonchev–Trinajstić information content (AvgIpc) is 2.19. The fraction of sp³-hybridized carbons (Fsp3) is 0.125. The number of hydrogen-bond donors (Lipinski definition) is 2. The van der Waals surface area contributed by atoms with Crippen LogP contribution in [-0.4, -0.2) is 16.5 Å². The van der Waals surface area contributed by atoms with Crippen LogP contribution in [0.4, 0.5) is 0 Å². The van der Waals surface area contributed by atoms with Crippen molar-refractivity contribution in [2.45, 2.75) is 4.90 Å². The summed E-state index contributed by atoms with van der Waals surface area (Å²) in [4.78, 5) is 11.4. The zero-order valence-corrected chi connectivity index (χ0v) is 7.26. The molecule has 64 valence electrons. The van der Waals surface area contributed by atoms with Crippen LogP contribution >= 0.6 is 11.8 Å². The second-order valence-electron chi connectivity index (χ2n) is 2.16. The highest BCUT2D eigenvalue weighted by atomic mass is 32.2. The molecule has 0 bridgehead atoms. The second-order valence-corrected chi connectivity index (χ2v) is 3.00. The fourth-order valence-electron chi connectivity index (χ4n) is 0.779. The molecule has 0 aromatic heterocycles. The van der Waals surface area contributed by atoms with E-state index in [0.717, 1.165) is 0 Å². The van der Waals surface area contributed by atoms with E-state index in [1.807, 2.05) is 0 Å². The monoisotopic (exact) mass is 184 g/mol. The zero-order valence-electron chi connectivity index (χ0n) is 6.44. The van der Waals surface area contributed by atoms with Crippen molar-refractivity contribution in [3.8, 4) is 11.5 Å². The van der Waals surface area contributed by atoms with Gasteiger partial charge in [-0.25, -0.2) is 0 Å². The van der Waals surface area contributed by atoms with E-state index in [0.29, 0.717) is 4.90 Å². The molecule has 0 heterocycles. The normalized spacial score (nSPS) is 9.75. The first-order valence-electron chi connectivity index (χ1n) is 3.26. The molecular formula is C8H8O3S. The second kappa shape index (κ2) is 3.49. The lowest BCUT2D eigenvalue weighted by atomic mass is 10.4. The van der Waals surface area contributed by atoms with Crippen molar-refractivity contribution in [2.75, 3.05) is 6.26 Å². The SMILES string of the molecule is CSc1cccc(=O)c(O)c1O. The summed E-state index contributed by atoms with van der Waals surface area (Å²) in [6.07, 6.45) is 1.75. The van der Waals surface area contributed by atoms with E-state index in [2.05, 4.69) is 0 Å². The van der Waals surface area contributed by atoms with Gasteiger partial charge in [0.25, 0.3) is 0 Å². The molecule has 0 saturated heterocycles. The van der Waals surface area contributed by atoms with Crippen LogP contribution in [0.3, 0.4) is 0 Å². The first-order valence-corrected chi connectivity index (χ1v) is 4.48. The van der Waals surface area contributed by atoms with Gasteiger partial charge in [-0.05, 0) is 18.4 Å². The predicted octanol–water partition coefficient (Wildman–Crippen LogP) is 1.18. The molecule has 1 rings (SSSR count). The molecule has 0 fully saturated rings. The Kier molecular flexibility index (Phi) is 2.60. The van der Waals surface area contributed by atoms with Gasteiger partial charge in [0.15, 0.2) is 5.75 Å². The van der Waals surface area contributed by atoms with Gasteiger partial charge in [0.1, 0.15) is 0 Å². The van der Waals surface area contributed by atoms with E-state index < -0.39 is 11.2 Å². The molecule has 0 amide bonds. The van der Waals surface area contributed by atoms with Crippen LogP contribution in [0.15, 0.2) is 27.9 Å². The summed E-state index contributed by atoms with van der Waals surface area (Å²) >= 11 is 1.26. The van der Waals surface area contributed by atoms with Gasteiger partial charge in [0.05, 0.1) is 4.90 Å². The highest BCUT2D eigenvalue weighted by Gasteiger charge is 2.05. The summed E-state index contributed by atoms with van der Waals surface area (Å²) in [6, 6.07) is 4.27. The third-order valence-electron chi connectivity index (χ3n) is 1.41. The molecule has 0 spiro atoms. The average molecular weight is 184 g/mol. The first kappa shape index (κ1) is 8.93. The van der Waals surface area contributed by atoms with Crippen molar-refractivity contribution in [3.05, 3.63) is 28.4 Å². The zero-order chi connectivity index (χ0) is 9.14. The Balaban J connectivity index is 3.52. The van der Waals surface area contributed by atoms with Gasteiger partial charge in [-0.1, -0.05) is 6.07 Å².